The summed E-state index contributed by atoms with van der Waals surface area (Å²) in [5.74, 6) is 0.436. The monoisotopic (exact) mass is 424 g/mol. The maximum Gasteiger partial charge on any atom is 0.328 e. The third kappa shape index (κ3) is 4.77. The van der Waals surface area contributed by atoms with Crippen molar-refractivity contribution in [3.8, 4) is 22.6 Å². The second kappa shape index (κ2) is 8.75. The Kier molecular flexibility index (Phi) is 6.46. The van der Waals surface area contributed by atoms with E-state index in [-0.39, 0.29) is 17.6 Å². The van der Waals surface area contributed by atoms with Gasteiger partial charge in [0.15, 0.2) is 6.79 Å². The van der Waals surface area contributed by atoms with Gasteiger partial charge in [-0.2, -0.15) is 0 Å². The van der Waals surface area contributed by atoms with Gasteiger partial charge < -0.3 is 19.3 Å². The summed E-state index contributed by atoms with van der Waals surface area (Å²) >= 11 is 0. The summed E-state index contributed by atoms with van der Waals surface area (Å²) in [5, 5.41) is 9.00. The minimum absolute atomic E-state index is 0.0352. The van der Waals surface area contributed by atoms with E-state index in [0.717, 1.165) is 41.4 Å². The minimum atomic E-state index is -0.987. The molecule has 3 rings (SSSR count). The van der Waals surface area contributed by atoms with Crippen molar-refractivity contribution in [2.24, 2.45) is 0 Å². The summed E-state index contributed by atoms with van der Waals surface area (Å²) < 4.78 is 16.9. The number of carboxylic acids is 1. The molecular weight excluding hydrogens is 392 g/mol. The van der Waals surface area contributed by atoms with E-state index in [9.17, 15) is 4.79 Å². The van der Waals surface area contributed by atoms with E-state index >= 15 is 0 Å². The molecule has 166 valence electrons. The molecule has 1 aliphatic carbocycles. The van der Waals surface area contributed by atoms with Gasteiger partial charge in [0, 0.05) is 24.3 Å². The van der Waals surface area contributed by atoms with Crippen LogP contribution in [-0.4, -0.2) is 32.1 Å². The van der Waals surface area contributed by atoms with Gasteiger partial charge in [-0.05, 0) is 70.7 Å². The highest BCUT2D eigenvalue weighted by molar-refractivity contribution is 5.86. The van der Waals surface area contributed by atoms with Crippen LogP contribution in [0.15, 0.2) is 36.4 Å². The number of fused-ring (bicyclic) bond motifs is 1. The van der Waals surface area contributed by atoms with Crippen LogP contribution in [0.25, 0.3) is 17.2 Å². The van der Waals surface area contributed by atoms with Crippen LogP contribution in [0, 0.1) is 0 Å². The molecular formula is C26H32O5. The Labute approximate surface area is 184 Å². The Hall–Kier alpha value is -2.79. The largest absolute Gasteiger partial charge is 0.496 e. The fraction of sp³-hybridized carbons (Fsp3) is 0.423. The Morgan fingerprint density at radius 1 is 0.968 bits per heavy atom. The summed E-state index contributed by atoms with van der Waals surface area (Å²) in [6, 6.07) is 9.97. The SMILES string of the molecule is COCOc1cc2c(cc1-c1cc(C=CC(=O)O)ccc1OC)C(C)(C)CCC2(C)C. The number of carboxylic acid groups (broad SMARTS) is 1. The van der Waals surface area contributed by atoms with Crippen molar-refractivity contribution in [1.82, 2.24) is 0 Å². The maximum absolute atomic E-state index is 11.0. The van der Waals surface area contributed by atoms with Crippen LogP contribution < -0.4 is 9.47 Å². The lowest BCUT2D eigenvalue weighted by atomic mass is 9.62. The summed E-state index contributed by atoms with van der Waals surface area (Å²) in [6.45, 7) is 9.25. The van der Waals surface area contributed by atoms with Crippen molar-refractivity contribution in [3.63, 3.8) is 0 Å². The fourth-order valence-corrected chi connectivity index (χ4v) is 4.25. The van der Waals surface area contributed by atoms with Crippen molar-refractivity contribution in [2.75, 3.05) is 21.0 Å². The lowest BCUT2D eigenvalue weighted by Gasteiger charge is -2.42. The molecule has 5 heteroatoms. The Morgan fingerprint density at radius 3 is 2.16 bits per heavy atom. The first kappa shape index (κ1) is 22.9. The molecule has 0 unspecified atom stereocenters. The first-order valence-electron chi connectivity index (χ1n) is 10.5. The number of aliphatic carboxylic acids is 1. The zero-order chi connectivity index (χ0) is 22.8. The third-order valence-corrected chi connectivity index (χ3v) is 6.22. The minimum Gasteiger partial charge on any atom is -0.496 e. The second-order valence-electron chi connectivity index (χ2n) is 9.34. The van der Waals surface area contributed by atoms with E-state index in [1.807, 2.05) is 18.2 Å². The number of methoxy groups -OCH3 is 2. The molecule has 1 aliphatic rings. The topological polar surface area (TPSA) is 65.0 Å². The Balaban J connectivity index is 2.27. The molecule has 2 aromatic rings. The fourth-order valence-electron chi connectivity index (χ4n) is 4.25. The number of ether oxygens (including phenoxy) is 3. The number of carbonyl (C=O) groups is 1. The molecule has 0 aromatic heterocycles. The van der Waals surface area contributed by atoms with Crippen LogP contribution in [0.4, 0.5) is 0 Å². The summed E-state index contributed by atoms with van der Waals surface area (Å²) in [5.41, 5.74) is 5.20. The van der Waals surface area contributed by atoms with E-state index in [1.165, 1.54) is 11.1 Å². The molecule has 0 saturated carbocycles. The molecule has 0 atom stereocenters. The van der Waals surface area contributed by atoms with Crippen molar-refractivity contribution in [3.05, 3.63) is 53.1 Å². The van der Waals surface area contributed by atoms with Gasteiger partial charge in [0.25, 0.3) is 0 Å². The van der Waals surface area contributed by atoms with Crippen LogP contribution in [-0.2, 0) is 20.4 Å². The third-order valence-electron chi connectivity index (χ3n) is 6.22. The predicted octanol–water partition coefficient (Wildman–Crippen LogP) is 5.79. The lowest BCUT2D eigenvalue weighted by Crippen LogP contribution is -2.34. The highest BCUT2D eigenvalue weighted by Gasteiger charge is 2.38. The van der Waals surface area contributed by atoms with Crippen molar-refractivity contribution in [1.29, 1.82) is 0 Å². The molecule has 0 saturated heterocycles. The van der Waals surface area contributed by atoms with Gasteiger partial charge in [-0.3, -0.25) is 0 Å². The number of rotatable bonds is 7. The number of hydrogen-bond acceptors (Lipinski definition) is 4. The lowest BCUT2D eigenvalue weighted by molar-refractivity contribution is -0.131. The first-order valence-corrected chi connectivity index (χ1v) is 10.5. The van der Waals surface area contributed by atoms with Gasteiger partial charge >= 0.3 is 5.97 Å². The van der Waals surface area contributed by atoms with Crippen molar-refractivity contribution >= 4 is 12.0 Å². The predicted molar refractivity (Wildman–Crippen MR) is 123 cm³/mol. The van der Waals surface area contributed by atoms with Crippen molar-refractivity contribution < 1.29 is 24.1 Å². The van der Waals surface area contributed by atoms with E-state index in [1.54, 1.807) is 20.3 Å². The molecule has 0 aliphatic heterocycles. The molecule has 31 heavy (non-hydrogen) atoms. The normalized spacial score (nSPS) is 16.7. The summed E-state index contributed by atoms with van der Waals surface area (Å²) in [4.78, 5) is 11.0. The van der Waals surface area contributed by atoms with Gasteiger partial charge in [0.1, 0.15) is 11.5 Å². The number of hydrogen-bond donors (Lipinski definition) is 1. The van der Waals surface area contributed by atoms with Gasteiger partial charge in [-0.25, -0.2) is 4.79 Å². The molecule has 1 N–H and O–H groups in total. The quantitative estimate of drug-likeness (QED) is 0.450. The van der Waals surface area contributed by atoms with Gasteiger partial charge in [0.05, 0.1) is 7.11 Å². The zero-order valence-electron chi connectivity index (χ0n) is 19.2. The summed E-state index contributed by atoms with van der Waals surface area (Å²) in [6.07, 6.45) is 4.91. The smallest absolute Gasteiger partial charge is 0.328 e. The van der Waals surface area contributed by atoms with E-state index in [2.05, 4.69) is 39.8 Å². The molecule has 5 nitrogen and oxygen atoms in total. The second-order valence-corrected chi connectivity index (χ2v) is 9.34. The standard InChI is InChI=1S/C26H32O5/c1-25(2)11-12-26(3,4)21-15-23(31-16-29-5)19(14-20(21)25)18-13-17(8-10-24(27)28)7-9-22(18)30-6/h7-10,13-15H,11-12,16H2,1-6H3,(H,27,28). The first-order chi connectivity index (χ1) is 14.6. The van der Waals surface area contributed by atoms with Gasteiger partial charge in [-0.1, -0.05) is 33.8 Å². The van der Waals surface area contributed by atoms with Crippen LogP contribution in [0.3, 0.4) is 0 Å². The zero-order valence-corrected chi connectivity index (χ0v) is 19.2. The van der Waals surface area contributed by atoms with Gasteiger partial charge in [-0.15, -0.1) is 0 Å². The molecule has 0 spiro atoms. The van der Waals surface area contributed by atoms with Crippen LogP contribution in [0.5, 0.6) is 11.5 Å². The highest BCUT2D eigenvalue weighted by Crippen LogP contribution is 2.50. The molecule has 0 fully saturated rings. The van der Waals surface area contributed by atoms with Crippen LogP contribution >= 0.6 is 0 Å². The summed E-state index contributed by atoms with van der Waals surface area (Å²) in [7, 11) is 3.23. The molecule has 0 amide bonds. The Morgan fingerprint density at radius 2 is 1.58 bits per heavy atom. The van der Waals surface area contributed by atoms with Crippen LogP contribution in [0.2, 0.25) is 0 Å². The van der Waals surface area contributed by atoms with Crippen molar-refractivity contribution in [2.45, 2.75) is 51.4 Å². The average Bonchev–Trinajstić information content (AvgIpc) is 2.73. The average molecular weight is 425 g/mol. The van der Waals surface area contributed by atoms with E-state index in [0.29, 0.717) is 5.75 Å². The molecule has 0 radical (unpaired) electrons. The molecule has 0 heterocycles. The van der Waals surface area contributed by atoms with Crippen LogP contribution in [0.1, 0.15) is 57.2 Å². The van der Waals surface area contributed by atoms with Gasteiger partial charge in [0.2, 0.25) is 0 Å². The molecule has 0 bridgehead atoms. The maximum atomic E-state index is 11.0. The van der Waals surface area contributed by atoms with E-state index < -0.39 is 5.97 Å². The molecule has 2 aromatic carbocycles. The number of benzene rings is 2. The Bertz CT molecular complexity index is 1000. The highest BCUT2D eigenvalue weighted by atomic mass is 16.7. The van der Waals surface area contributed by atoms with E-state index in [4.69, 9.17) is 19.3 Å².